The van der Waals surface area contributed by atoms with E-state index in [0.717, 1.165) is 0 Å². The van der Waals surface area contributed by atoms with Crippen LogP contribution in [0, 0.1) is 5.82 Å². The molecule has 0 aliphatic carbocycles. The van der Waals surface area contributed by atoms with Crippen molar-refractivity contribution in [1.29, 1.82) is 0 Å². The molecule has 0 aromatic heterocycles. The molecule has 0 aliphatic heterocycles. The minimum absolute atomic E-state index is 0.100. The Morgan fingerprint density at radius 2 is 2.00 bits per heavy atom. The van der Waals surface area contributed by atoms with Crippen LogP contribution in [0.2, 0.25) is 0 Å². The van der Waals surface area contributed by atoms with Crippen molar-refractivity contribution in [3.63, 3.8) is 0 Å². The van der Waals surface area contributed by atoms with Crippen LogP contribution in [0.1, 0.15) is 6.42 Å². The fourth-order valence-electron chi connectivity index (χ4n) is 1.62. The summed E-state index contributed by atoms with van der Waals surface area (Å²) in [5.74, 6) is 0.153. The van der Waals surface area contributed by atoms with Crippen LogP contribution in [0.15, 0.2) is 53.4 Å². The average molecular weight is 291 g/mol. The smallest absolute Gasteiger partial charge is 0.225 e. The third kappa shape index (κ3) is 4.28. The van der Waals surface area contributed by atoms with Crippen molar-refractivity contribution in [3.05, 3.63) is 54.3 Å². The quantitative estimate of drug-likeness (QED) is 0.827. The van der Waals surface area contributed by atoms with Crippen molar-refractivity contribution in [2.75, 3.05) is 11.1 Å². The predicted molar refractivity (Wildman–Crippen MR) is 78.5 cm³/mol. The predicted octanol–water partition coefficient (Wildman–Crippen LogP) is 3.65. The van der Waals surface area contributed by atoms with Gasteiger partial charge in [0.05, 0.1) is 0 Å². The average Bonchev–Trinajstić information content (AvgIpc) is 2.41. The monoisotopic (exact) mass is 291 g/mol. The highest BCUT2D eigenvalue weighted by molar-refractivity contribution is 7.99. The van der Waals surface area contributed by atoms with Crippen molar-refractivity contribution in [3.8, 4) is 5.75 Å². The Bertz CT molecular complexity index is 604. The zero-order valence-corrected chi connectivity index (χ0v) is 11.5. The molecule has 0 unspecified atom stereocenters. The number of carbonyl (C=O) groups excluding carboxylic acids is 1. The van der Waals surface area contributed by atoms with Crippen molar-refractivity contribution in [2.45, 2.75) is 11.3 Å². The number of phenols is 1. The summed E-state index contributed by atoms with van der Waals surface area (Å²) >= 11 is 1.30. The van der Waals surface area contributed by atoms with E-state index in [-0.39, 0.29) is 23.9 Å². The highest BCUT2D eigenvalue weighted by Crippen LogP contribution is 2.22. The molecule has 0 saturated carbocycles. The molecule has 0 bridgehead atoms. The van der Waals surface area contributed by atoms with Crippen LogP contribution in [0.4, 0.5) is 10.1 Å². The van der Waals surface area contributed by atoms with E-state index in [4.69, 9.17) is 0 Å². The van der Waals surface area contributed by atoms with Gasteiger partial charge in [-0.2, -0.15) is 0 Å². The van der Waals surface area contributed by atoms with Gasteiger partial charge in [0.15, 0.2) is 0 Å². The fraction of sp³-hybridized carbons (Fsp3) is 0.133. The van der Waals surface area contributed by atoms with Gasteiger partial charge in [0.1, 0.15) is 11.6 Å². The molecule has 3 nitrogen and oxygen atoms in total. The molecule has 0 aliphatic rings. The lowest BCUT2D eigenvalue weighted by atomic mass is 10.3. The third-order valence-corrected chi connectivity index (χ3v) is 3.60. The molecule has 0 radical (unpaired) electrons. The Balaban J connectivity index is 1.80. The van der Waals surface area contributed by atoms with E-state index >= 15 is 0 Å². The van der Waals surface area contributed by atoms with Crippen molar-refractivity contribution >= 4 is 23.4 Å². The third-order valence-electron chi connectivity index (χ3n) is 2.55. The zero-order chi connectivity index (χ0) is 14.4. The van der Waals surface area contributed by atoms with Crippen molar-refractivity contribution in [1.82, 2.24) is 0 Å². The number of hydrogen-bond acceptors (Lipinski definition) is 3. The summed E-state index contributed by atoms with van der Waals surface area (Å²) in [6, 6.07) is 12.8. The number of thioether (sulfide) groups is 1. The molecular formula is C15H14FNO2S. The molecule has 2 aromatic rings. The maximum atomic E-state index is 13.4. The van der Waals surface area contributed by atoms with Crippen LogP contribution in [-0.2, 0) is 4.79 Å². The lowest BCUT2D eigenvalue weighted by Crippen LogP contribution is -2.12. The van der Waals surface area contributed by atoms with Crippen LogP contribution in [-0.4, -0.2) is 16.8 Å². The molecule has 104 valence electrons. The van der Waals surface area contributed by atoms with Gasteiger partial charge in [-0.3, -0.25) is 4.79 Å². The Morgan fingerprint density at radius 3 is 2.75 bits per heavy atom. The first-order valence-electron chi connectivity index (χ1n) is 6.11. The van der Waals surface area contributed by atoms with Gasteiger partial charge in [0.25, 0.3) is 0 Å². The number of benzene rings is 2. The molecule has 20 heavy (non-hydrogen) atoms. The highest BCUT2D eigenvalue weighted by Gasteiger charge is 2.05. The second-order valence-electron chi connectivity index (χ2n) is 4.13. The summed E-state index contributed by atoms with van der Waals surface area (Å²) in [4.78, 5) is 12.2. The molecule has 0 heterocycles. The maximum absolute atomic E-state index is 13.4. The topological polar surface area (TPSA) is 49.3 Å². The first-order valence-corrected chi connectivity index (χ1v) is 7.10. The van der Waals surface area contributed by atoms with Crippen LogP contribution in [0.25, 0.3) is 0 Å². The van der Waals surface area contributed by atoms with E-state index in [9.17, 15) is 14.3 Å². The molecule has 5 heteroatoms. The first-order chi connectivity index (χ1) is 9.65. The normalized spacial score (nSPS) is 10.2. The van der Waals surface area contributed by atoms with Gasteiger partial charge in [-0.05, 0) is 24.3 Å². The first kappa shape index (κ1) is 14.4. The Labute approximate surface area is 120 Å². The summed E-state index contributed by atoms with van der Waals surface area (Å²) in [6.45, 7) is 0. The van der Waals surface area contributed by atoms with E-state index in [0.29, 0.717) is 16.3 Å². The van der Waals surface area contributed by atoms with Crippen LogP contribution in [0.3, 0.4) is 0 Å². The van der Waals surface area contributed by atoms with E-state index in [1.807, 2.05) is 0 Å². The number of aromatic hydroxyl groups is 1. The van der Waals surface area contributed by atoms with E-state index in [1.165, 1.54) is 30.0 Å². The van der Waals surface area contributed by atoms with E-state index in [1.54, 1.807) is 30.3 Å². The van der Waals surface area contributed by atoms with Crippen molar-refractivity contribution in [2.24, 2.45) is 0 Å². The van der Waals surface area contributed by atoms with Gasteiger partial charge in [-0.1, -0.05) is 18.2 Å². The molecule has 0 atom stereocenters. The molecule has 1 amide bonds. The van der Waals surface area contributed by atoms with Gasteiger partial charge in [0.2, 0.25) is 5.91 Å². The molecule has 2 N–H and O–H groups in total. The molecule has 0 spiro atoms. The molecule has 2 aromatic carbocycles. The Kier molecular flexibility index (Phi) is 5.01. The number of rotatable bonds is 5. The lowest BCUT2D eigenvalue weighted by molar-refractivity contribution is -0.115. The summed E-state index contributed by atoms with van der Waals surface area (Å²) < 4.78 is 13.4. The largest absolute Gasteiger partial charge is 0.508 e. The van der Waals surface area contributed by atoms with E-state index < -0.39 is 0 Å². The van der Waals surface area contributed by atoms with Crippen LogP contribution < -0.4 is 5.32 Å². The number of phenolic OH excluding ortho intramolecular Hbond substituents is 1. The standard InChI is InChI=1S/C15H14FNO2S/c16-13-6-1-2-7-14(13)20-9-8-15(19)17-11-4-3-5-12(18)10-11/h1-7,10,18H,8-9H2,(H,17,19). The summed E-state index contributed by atoms with van der Waals surface area (Å²) in [6.07, 6.45) is 0.272. The summed E-state index contributed by atoms with van der Waals surface area (Å²) in [7, 11) is 0. The zero-order valence-electron chi connectivity index (χ0n) is 10.7. The van der Waals surface area contributed by atoms with Gasteiger partial charge < -0.3 is 10.4 Å². The SMILES string of the molecule is O=C(CCSc1ccccc1F)Nc1cccc(O)c1. The summed E-state index contributed by atoms with van der Waals surface area (Å²) in [5.41, 5.74) is 0.547. The minimum atomic E-state index is -0.272. The van der Waals surface area contributed by atoms with Gasteiger partial charge in [0, 0.05) is 28.8 Å². The van der Waals surface area contributed by atoms with E-state index in [2.05, 4.69) is 5.32 Å². The molecule has 0 fully saturated rings. The van der Waals surface area contributed by atoms with Crippen LogP contribution in [0.5, 0.6) is 5.75 Å². The molecular weight excluding hydrogens is 277 g/mol. The highest BCUT2D eigenvalue weighted by atomic mass is 32.2. The summed E-state index contributed by atoms with van der Waals surface area (Å²) in [5, 5.41) is 12.0. The minimum Gasteiger partial charge on any atom is -0.508 e. The van der Waals surface area contributed by atoms with Crippen LogP contribution >= 0.6 is 11.8 Å². The van der Waals surface area contributed by atoms with Gasteiger partial charge in [-0.15, -0.1) is 11.8 Å². The Morgan fingerprint density at radius 1 is 1.20 bits per heavy atom. The van der Waals surface area contributed by atoms with Gasteiger partial charge in [-0.25, -0.2) is 4.39 Å². The number of halogens is 1. The Hall–Kier alpha value is -2.01. The fourth-order valence-corrected chi connectivity index (χ4v) is 2.51. The molecule has 0 saturated heterocycles. The number of amides is 1. The second kappa shape index (κ2) is 6.96. The van der Waals surface area contributed by atoms with Crippen molar-refractivity contribution < 1.29 is 14.3 Å². The number of anilines is 1. The lowest BCUT2D eigenvalue weighted by Gasteiger charge is -2.06. The van der Waals surface area contributed by atoms with Gasteiger partial charge >= 0.3 is 0 Å². The second-order valence-corrected chi connectivity index (χ2v) is 5.26. The number of nitrogens with one attached hydrogen (secondary N) is 1. The maximum Gasteiger partial charge on any atom is 0.225 e. The number of hydrogen-bond donors (Lipinski definition) is 2. The molecule has 2 rings (SSSR count). The number of carbonyl (C=O) groups is 1.